The van der Waals surface area contributed by atoms with E-state index in [1.165, 1.54) is 23.1 Å². The third-order valence-electron chi connectivity index (χ3n) is 7.25. The lowest BCUT2D eigenvalue weighted by Gasteiger charge is -2.27. The molecule has 2 aliphatic heterocycles. The van der Waals surface area contributed by atoms with Crippen LogP contribution in [0.2, 0.25) is 4.34 Å². The van der Waals surface area contributed by atoms with Crippen LogP contribution in [0.25, 0.3) is 0 Å². The summed E-state index contributed by atoms with van der Waals surface area (Å²) >= 11 is 7.03. The number of ether oxygens (including phenoxy) is 2. The maximum Gasteiger partial charge on any atom is 0.414 e. The number of halogens is 3. The van der Waals surface area contributed by atoms with Crippen LogP contribution in [0, 0.1) is 11.7 Å². The maximum atomic E-state index is 15.2. The summed E-state index contributed by atoms with van der Waals surface area (Å²) in [5.41, 5.74) is 6.12. The van der Waals surface area contributed by atoms with Crippen LogP contribution in [0.15, 0.2) is 30.3 Å². The second-order valence-corrected chi connectivity index (χ2v) is 12.5. The number of morpholine rings is 1. The Hall–Kier alpha value is -3.30. The molecule has 2 fully saturated rings. The van der Waals surface area contributed by atoms with Gasteiger partial charge in [-0.15, -0.1) is 23.7 Å². The van der Waals surface area contributed by atoms with Crippen molar-refractivity contribution in [3.05, 3.63) is 45.4 Å². The van der Waals surface area contributed by atoms with E-state index in [1.807, 2.05) is 13.8 Å². The van der Waals surface area contributed by atoms with Crippen molar-refractivity contribution < 1.29 is 37.8 Å². The zero-order chi connectivity index (χ0) is 32.0. The average Bonchev–Trinajstić information content (AvgIpc) is 3.59. The fourth-order valence-corrected chi connectivity index (χ4v) is 5.71. The van der Waals surface area contributed by atoms with Crippen molar-refractivity contribution in [2.45, 2.75) is 45.3 Å². The number of hydrogen-bond donors (Lipinski definition) is 2. The predicted molar refractivity (Wildman–Crippen MR) is 169 cm³/mol. The SMILES string of the molecule is CC(C)[C@H](N)C(=O)NCCCCC(=O)N(C[C@H]1CN(c2ccc(N3CCOCC3=O)cc2F)C(=O)O1)C(=O)c1ccc(Cl)s1.Cl. The molecular formula is C29H36Cl2FN5O7S. The molecule has 45 heavy (non-hydrogen) atoms. The normalized spacial score (nSPS) is 17.2. The van der Waals surface area contributed by atoms with E-state index in [-0.39, 0.29) is 73.4 Å². The van der Waals surface area contributed by atoms with Gasteiger partial charge in [-0.25, -0.2) is 9.18 Å². The first-order valence-electron chi connectivity index (χ1n) is 14.3. The summed E-state index contributed by atoms with van der Waals surface area (Å²) in [7, 11) is 0. The third kappa shape index (κ3) is 9.13. The number of thiophene rings is 1. The van der Waals surface area contributed by atoms with Crippen molar-refractivity contribution >= 4 is 76.4 Å². The number of hydrogen-bond acceptors (Lipinski definition) is 9. The number of nitrogens with two attached hydrogens (primary N) is 1. The Morgan fingerprint density at radius 2 is 1.93 bits per heavy atom. The molecular weight excluding hydrogens is 652 g/mol. The minimum atomic E-state index is -0.928. The molecule has 2 atom stereocenters. The van der Waals surface area contributed by atoms with Gasteiger partial charge in [-0.3, -0.25) is 29.0 Å². The standard InChI is InChI=1S/C29H35ClFN5O7S.ClH/c1-17(2)26(32)27(39)33-10-4-3-5-24(37)36(28(40)22-8-9-23(30)44-22)15-19-14-35(29(41)43-19)21-7-6-18(13-20(21)31)34-11-12-42-16-25(34)38;/h6-9,13,17,19,26H,3-5,10-12,14-16,32H2,1-2H3,(H,33,39);1H/t19-,26+;/m1./s1. The first-order chi connectivity index (χ1) is 21.0. The van der Waals surface area contributed by atoms with E-state index < -0.39 is 35.9 Å². The number of carbonyl (C=O) groups is 5. The summed E-state index contributed by atoms with van der Waals surface area (Å²) in [4.78, 5) is 67.3. The van der Waals surface area contributed by atoms with Gasteiger partial charge in [0, 0.05) is 25.2 Å². The van der Waals surface area contributed by atoms with Gasteiger partial charge in [0.2, 0.25) is 11.8 Å². The third-order valence-corrected chi connectivity index (χ3v) is 8.47. The fourth-order valence-electron chi connectivity index (χ4n) is 4.72. The Morgan fingerprint density at radius 1 is 1.18 bits per heavy atom. The number of benzene rings is 1. The fraction of sp³-hybridized carbons (Fsp3) is 0.483. The van der Waals surface area contributed by atoms with Crippen LogP contribution in [-0.4, -0.2) is 86.2 Å². The minimum absolute atomic E-state index is 0. The number of nitrogens with zero attached hydrogens (tertiary/aromatic N) is 3. The second kappa shape index (κ2) is 16.3. The van der Waals surface area contributed by atoms with Gasteiger partial charge in [0.15, 0.2) is 0 Å². The molecule has 3 N–H and O–H groups in total. The smallest absolute Gasteiger partial charge is 0.414 e. The quantitative estimate of drug-likeness (QED) is 0.321. The largest absolute Gasteiger partial charge is 0.442 e. The molecule has 0 spiro atoms. The highest BCUT2D eigenvalue weighted by Crippen LogP contribution is 2.30. The highest BCUT2D eigenvalue weighted by Gasteiger charge is 2.38. The van der Waals surface area contributed by atoms with Crippen LogP contribution in [-0.2, 0) is 23.9 Å². The van der Waals surface area contributed by atoms with Crippen LogP contribution < -0.4 is 20.9 Å². The van der Waals surface area contributed by atoms with Crippen molar-refractivity contribution in [3.8, 4) is 0 Å². The molecule has 0 radical (unpaired) electrons. The number of unbranched alkanes of at least 4 members (excludes halogenated alkanes) is 1. The van der Waals surface area contributed by atoms with E-state index in [1.54, 1.807) is 6.07 Å². The van der Waals surface area contributed by atoms with Crippen LogP contribution >= 0.6 is 35.3 Å². The van der Waals surface area contributed by atoms with Crippen molar-refractivity contribution in [1.82, 2.24) is 10.2 Å². The molecule has 0 unspecified atom stereocenters. The second-order valence-electron chi connectivity index (χ2n) is 10.8. The molecule has 16 heteroatoms. The lowest BCUT2D eigenvalue weighted by Crippen LogP contribution is -2.44. The van der Waals surface area contributed by atoms with Gasteiger partial charge in [0.1, 0.15) is 18.5 Å². The molecule has 2 aromatic rings. The molecule has 246 valence electrons. The summed E-state index contributed by atoms with van der Waals surface area (Å²) in [5.74, 6) is -2.41. The zero-order valence-corrected chi connectivity index (χ0v) is 27.2. The van der Waals surface area contributed by atoms with E-state index in [2.05, 4.69) is 5.32 Å². The molecule has 4 rings (SSSR count). The number of imide groups is 1. The van der Waals surface area contributed by atoms with Crippen molar-refractivity contribution in [3.63, 3.8) is 0 Å². The number of amides is 5. The van der Waals surface area contributed by atoms with E-state index in [4.69, 9.17) is 26.8 Å². The van der Waals surface area contributed by atoms with Crippen LogP contribution in [0.4, 0.5) is 20.6 Å². The van der Waals surface area contributed by atoms with Crippen LogP contribution in [0.3, 0.4) is 0 Å². The zero-order valence-electron chi connectivity index (χ0n) is 24.8. The van der Waals surface area contributed by atoms with E-state index >= 15 is 4.39 Å². The summed E-state index contributed by atoms with van der Waals surface area (Å²) in [5, 5.41) is 2.74. The monoisotopic (exact) mass is 687 g/mol. The van der Waals surface area contributed by atoms with Crippen LogP contribution in [0.5, 0.6) is 0 Å². The Morgan fingerprint density at radius 3 is 2.58 bits per heavy atom. The molecule has 5 amide bonds. The average molecular weight is 689 g/mol. The number of nitrogens with one attached hydrogen (secondary N) is 1. The first kappa shape index (κ1) is 36.2. The highest BCUT2D eigenvalue weighted by atomic mass is 35.5. The van der Waals surface area contributed by atoms with Gasteiger partial charge in [-0.05, 0) is 49.1 Å². The van der Waals surface area contributed by atoms with E-state index in [0.29, 0.717) is 36.0 Å². The molecule has 3 heterocycles. The first-order valence-corrected chi connectivity index (χ1v) is 15.4. The van der Waals surface area contributed by atoms with Crippen LogP contribution in [0.1, 0.15) is 42.8 Å². The Labute approximate surface area is 275 Å². The summed E-state index contributed by atoms with van der Waals surface area (Å²) in [6.07, 6.45) is -0.907. The van der Waals surface area contributed by atoms with Gasteiger partial charge in [-0.2, -0.15) is 0 Å². The molecule has 12 nitrogen and oxygen atoms in total. The van der Waals surface area contributed by atoms with Gasteiger partial charge < -0.3 is 25.4 Å². The van der Waals surface area contributed by atoms with Gasteiger partial charge >= 0.3 is 6.09 Å². The Kier molecular flexibility index (Phi) is 13.1. The topological polar surface area (TPSA) is 152 Å². The predicted octanol–water partition coefficient (Wildman–Crippen LogP) is 3.59. The van der Waals surface area contributed by atoms with E-state index in [9.17, 15) is 24.0 Å². The molecule has 1 aromatic heterocycles. The highest BCUT2D eigenvalue weighted by molar-refractivity contribution is 7.18. The number of anilines is 2. The van der Waals surface area contributed by atoms with Gasteiger partial charge in [0.25, 0.3) is 11.8 Å². The number of rotatable bonds is 12. The summed E-state index contributed by atoms with van der Waals surface area (Å²) < 4.78 is 26.1. The van der Waals surface area contributed by atoms with Crippen molar-refractivity contribution in [2.75, 3.05) is 49.2 Å². The van der Waals surface area contributed by atoms with E-state index in [0.717, 1.165) is 27.2 Å². The number of cyclic esters (lactones) is 1. The number of carbonyl (C=O) groups excluding carboxylic acids is 5. The van der Waals surface area contributed by atoms with Gasteiger partial charge in [-0.1, -0.05) is 25.4 Å². The maximum absolute atomic E-state index is 15.2. The Bertz CT molecular complexity index is 1410. The lowest BCUT2D eigenvalue weighted by atomic mass is 10.1. The Balaban J connectivity index is 0.00000552. The summed E-state index contributed by atoms with van der Waals surface area (Å²) in [6.45, 7) is 4.15. The minimum Gasteiger partial charge on any atom is -0.442 e. The molecule has 2 saturated heterocycles. The van der Waals surface area contributed by atoms with Crippen molar-refractivity contribution in [1.29, 1.82) is 0 Å². The van der Waals surface area contributed by atoms with Gasteiger partial charge in [0.05, 0.1) is 40.6 Å². The molecule has 0 saturated carbocycles. The van der Waals surface area contributed by atoms with Crippen molar-refractivity contribution in [2.24, 2.45) is 11.7 Å². The molecule has 1 aromatic carbocycles. The molecule has 2 aliphatic rings. The molecule has 0 bridgehead atoms. The molecule has 0 aliphatic carbocycles. The summed E-state index contributed by atoms with van der Waals surface area (Å²) in [6, 6.07) is 6.49. The lowest BCUT2D eigenvalue weighted by molar-refractivity contribution is -0.129.